The summed E-state index contributed by atoms with van der Waals surface area (Å²) in [5.74, 6) is 0.739. The second-order valence-electron chi connectivity index (χ2n) is 4.55. The lowest BCUT2D eigenvalue weighted by Crippen LogP contribution is -2.31. The molecule has 1 aromatic carbocycles. The van der Waals surface area contributed by atoms with Crippen LogP contribution < -0.4 is 10.6 Å². The first-order valence-corrected chi connectivity index (χ1v) is 7.51. The summed E-state index contributed by atoms with van der Waals surface area (Å²) in [5.41, 5.74) is 2.30. The Morgan fingerprint density at radius 2 is 2.00 bits per heavy atom. The Morgan fingerprint density at radius 1 is 1.30 bits per heavy atom. The molecule has 0 saturated carbocycles. The van der Waals surface area contributed by atoms with Crippen LogP contribution in [0.3, 0.4) is 0 Å². The van der Waals surface area contributed by atoms with Crippen LogP contribution in [0, 0.1) is 6.92 Å². The summed E-state index contributed by atoms with van der Waals surface area (Å²) < 4.78 is 0.986. The number of thiocarbonyl (C=S) groups is 1. The third-order valence-electron chi connectivity index (χ3n) is 2.94. The third-order valence-corrected chi connectivity index (χ3v) is 3.99. The second-order valence-corrected chi connectivity index (χ2v) is 5.81. The zero-order valence-corrected chi connectivity index (χ0v) is 13.8. The molecule has 20 heavy (non-hydrogen) atoms. The van der Waals surface area contributed by atoms with Gasteiger partial charge in [0.25, 0.3) is 0 Å². The Hall–Kier alpha value is -1.46. The maximum Gasteiger partial charge on any atom is 0.172 e. The van der Waals surface area contributed by atoms with Gasteiger partial charge < -0.3 is 10.6 Å². The number of hydrogen-bond donors (Lipinski definition) is 2. The molecule has 2 aromatic rings. The van der Waals surface area contributed by atoms with Crippen molar-refractivity contribution in [3.63, 3.8) is 0 Å². The van der Waals surface area contributed by atoms with Crippen molar-refractivity contribution in [3.8, 4) is 0 Å². The Labute approximate surface area is 132 Å². The van der Waals surface area contributed by atoms with E-state index in [1.807, 2.05) is 31.2 Å². The van der Waals surface area contributed by atoms with Gasteiger partial charge in [-0.15, -0.1) is 0 Å². The highest BCUT2D eigenvalue weighted by molar-refractivity contribution is 9.10. The van der Waals surface area contributed by atoms with E-state index in [1.54, 1.807) is 6.20 Å². The quantitative estimate of drug-likeness (QED) is 0.814. The van der Waals surface area contributed by atoms with Crippen molar-refractivity contribution in [2.75, 3.05) is 5.32 Å². The molecule has 1 atom stereocenters. The number of nitrogens with one attached hydrogen (secondary N) is 2. The topological polar surface area (TPSA) is 37.0 Å². The lowest BCUT2D eigenvalue weighted by Gasteiger charge is -2.17. The van der Waals surface area contributed by atoms with E-state index in [4.69, 9.17) is 12.2 Å². The lowest BCUT2D eigenvalue weighted by molar-refractivity contribution is 0.722. The third kappa shape index (κ3) is 4.02. The van der Waals surface area contributed by atoms with E-state index < -0.39 is 0 Å². The van der Waals surface area contributed by atoms with Crippen molar-refractivity contribution in [3.05, 3.63) is 58.2 Å². The molecular weight excluding hydrogens is 334 g/mol. The second kappa shape index (κ2) is 6.81. The van der Waals surface area contributed by atoms with Gasteiger partial charge in [0, 0.05) is 10.7 Å². The Morgan fingerprint density at radius 3 is 2.65 bits per heavy atom. The van der Waals surface area contributed by atoms with Crippen LogP contribution in [0.1, 0.15) is 24.1 Å². The highest BCUT2D eigenvalue weighted by Gasteiger charge is 2.07. The summed E-state index contributed by atoms with van der Waals surface area (Å²) in [6, 6.07) is 12.3. The van der Waals surface area contributed by atoms with Crippen molar-refractivity contribution in [2.45, 2.75) is 19.9 Å². The van der Waals surface area contributed by atoms with Crippen molar-refractivity contribution in [1.82, 2.24) is 10.3 Å². The van der Waals surface area contributed by atoms with Crippen LogP contribution in [-0.2, 0) is 0 Å². The summed E-state index contributed by atoms with van der Waals surface area (Å²) >= 11 is 8.74. The predicted octanol–water partition coefficient (Wildman–Crippen LogP) is 4.20. The molecule has 0 saturated heterocycles. The van der Waals surface area contributed by atoms with Crippen molar-refractivity contribution < 1.29 is 0 Å². The van der Waals surface area contributed by atoms with Gasteiger partial charge in [-0.1, -0.05) is 30.3 Å². The minimum Gasteiger partial charge on any atom is -0.356 e. The van der Waals surface area contributed by atoms with E-state index in [2.05, 4.69) is 50.6 Å². The molecule has 1 aromatic heterocycles. The molecule has 1 unspecified atom stereocenters. The lowest BCUT2D eigenvalue weighted by atomic mass is 10.1. The van der Waals surface area contributed by atoms with E-state index in [9.17, 15) is 0 Å². The van der Waals surface area contributed by atoms with E-state index in [0.717, 1.165) is 15.9 Å². The van der Waals surface area contributed by atoms with Gasteiger partial charge >= 0.3 is 0 Å². The first kappa shape index (κ1) is 14.9. The summed E-state index contributed by atoms with van der Waals surface area (Å²) in [4.78, 5) is 4.27. The average Bonchev–Trinajstić information content (AvgIpc) is 2.44. The number of aromatic nitrogens is 1. The van der Waals surface area contributed by atoms with Crippen LogP contribution in [0.4, 0.5) is 5.82 Å². The molecular formula is C15H16BrN3S. The van der Waals surface area contributed by atoms with Gasteiger partial charge in [0.05, 0.1) is 6.04 Å². The van der Waals surface area contributed by atoms with Crippen molar-refractivity contribution in [2.24, 2.45) is 0 Å². The Kier molecular flexibility index (Phi) is 5.09. The van der Waals surface area contributed by atoms with Crippen LogP contribution >= 0.6 is 28.1 Å². The smallest absolute Gasteiger partial charge is 0.172 e. The average molecular weight is 350 g/mol. The van der Waals surface area contributed by atoms with E-state index in [-0.39, 0.29) is 6.04 Å². The molecule has 0 aliphatic rings. The minimum absolute atomic E-state index is 0.146. The van der Waals surface area contributed by atoms with Crippen molar-refractivity contribution in [1.29, 1.82) is 0 Å². The van der Waals surface area contributed by atoms with Gasteiger partial charge in [0.15, 0.2) is 5.11 Å². The summed E-state index contributed by atoms with van der Waals surface area (Å²) in [6.45, 7) is 4.09. The van der Waals surface area contributed by atoms with Gasteiger partial charge in [0.1, 0.15) is 5.82 Å². The summed E-state index contributed by atoms with van der Waals surface area (Å²) in [7, 11) is 0. The number of nitrogens with zero attached hydrogens (tertiary/aromatic N) is 1. The van der Waals surface area contributed by atoms with E-state index >= 15 is 0 Å². The number of benzene rings is 1. The number of rotatable bonds is 3. The van der Waals surface area contributed by atoms with Crippen LogP contribution in [0.25, 0.3) is 0 Å². The SMILES string of the molecule is Cc1cc(NC(=S)NC(C)c2ccccc2)ncc1Br. The number of pyridine rings is 1. The predicted molar refractivity (Wildman–Crippen MR) is 90.9 cm³/mol. The highest BCUT2D eigenvalue weighted by atomic mass is 79.9. The number of hydrogen-bond acceptors (Lipinski definition) is 2. The molecule has 2 rings (SSSR count). The molecule has 3 nitrogen and oxygen atoms in total. The molecule has 0 bridgehead atoms. The molecule has 2 N–H and O–H groups in total. The zero-order valence-electron chi connectivity index (χ0n) is 11.4. The van der Waals surface area contributed by atoms with Crippen LogP contribution in [0.5, 0.6) is 0 Å². The maximum atomic E-state index is 5.31. The van der Waals surface area contributed by atoms with Crippen LogP contribution in [-0.4, -0.2) is 10.1 Å². The molecule has 104 valence electrons. The van der Waals surface area contributed by atoms with Gasteiger partial charge in [0.2, 0.25) is 0 Å². The van der Waals surface area contributed by atoms with E-state index in [1.165, 1.54) is 5.56 Å². The fourth-order valence-electron chi connectivity index (χ4n) is 1.78. The minimum atomic E-state index is 0.146. The normalized spacial score (nSPS) is 11.8. The fourth-order valence-corrected chi connectivity index (χ4v) is 2.28. The molecule has 5 heteroatoms. The summed E-state index contributed by atoms with van der Waals surface area (Å²) in [5, 5.41) is 6.91. The standard InChI is InChI=1S/C15H16BrN3S/c1-10-8-14(17-9-13(10)16)19-15(20)18-11(2)12-6-4-3-5-7-12/h3-9,11H,1-2H3,(H2,17,18,19,20). The maximum absolute atomic E-state index is 5.31. The largest absolute Gasteiger partial charge is 0.356 e. The highest BCUT2D eigenvalue weighted by Crippen LogP contribution is 2.17. The first-order chi connectivity index (χ1) is 9.56. The van der Waals surface area contributed by atoms with Gasteiger partial charge in [-0.2, -0.15) is 0 Å². The van der Waals surface area contributed by atoms with Crippen LogP contribution in [0.2, 0.25) is 0 Å². The van der Waals surface area contributed by atoms with Crippen molar-refractivity contribution >= 4 is 39.1 Å². The monoisotopic (exact) mass is 349 g/mol. The Bertz CT molecular complexity index is 601. The number of anilines is 1. The first-order valence-electron chi connectivity index (χ1n) is 6.31. The molecule has 0 amide bonds. The molecule has 1 heterocycles. The van der Waals surface area contributed by atoms with E-state index in [0.29, 0.717) is 5.11 Å². The summed E-state index contributed by atoms with van der Waals surface area (Å²) in [6.07, 6.45) is 1.76. The number of aryl methyl sites for hydroxylation is 1. The van der Waals surface area contributed by atoms with Gasteiger partial charge in [-0.05, 0) is 59.2 Å². The zero-order chi connectivity index (χ0) is 14.5. The van der Waals surface area contributed by atoms with Gasteiger partial charge in [-0.3, -0.25) is 0 Å². The molecule has 0 aliphatic heterocycles. The van der Waals surface area contributed by atoms with Crippen LogP contribution in [0.15, 0.2) is 47.1 Å². The molecule has 0 aliphatic carbocycles. The molecule has 0 radical (unpaired) electrons. The number of halogens is 1. The van der Waals surface area contributed by atoms with Gasteiger partial charge in [-0.25, -0.2) is 4.98 Å². The molecule has 0 spiro atoms. The fraction of sp³-hybridized carbons (Fsp3) is 0.200. The Balaban J connectivity index is 1.97. The molecule has 0 fully saturated rings.